The number of amides is 3. The molecule has 6 aromatic rings. The van der Waals surface area contributed by atoms with Crippen LogP contribution >= 0.6 is 11.6 Å². The number of hydrogen-bond donors (Lipinski definition) is 1. The number of nitrogens with one attached hydrogen (secondary N) is 1. The number of fused-ring (bicyclic) bond motifs is 2. The fraction of sp³-hybridized carbons (Fsp3) is 0.517. The van der Waals surface area contributed by atoms with E-state index in [1.54, 1.807) is 9.80 Å². The van der Waals surface area contributed by atoms with E-state index in [1.807, 2.05) is 72.9 Å². The van der Waals surface area contributed by atoms with Crippen molar-refractivity contribution in [3.63, 3.8) is 0 Å². The lowest BCUT2D eigenvalue weighted by molar-refractivity contribution is 0.211. The average molecular weight is 990 g/mol. The molecule has 384 valence electrons. The summed E-state index contributed by atoms with van der Waals surface area (Å²) in [7, 11) is 3.78. The second-order valence-corrected chi connectivity index (χ2v) is 19.3. The second kappa shape index (κ2) is 27.7. The lowest BCUT2D eigenvalue weighted by Crippen LogP contribution is -2.41. The van der Waals surface area contributed by atoms with E-state index in [4.69, 9.17) is 31.0 Å². The van der Waals surface area contributed by atoms with Crippen molar-refractivity contribution in [1.82, 2.24) is 28.9 Å². The van der Waals surface area contributed by atoms with Crippen LogP contribution in [0.4, 0.5) is 21.0 Å². The van der Waals surface area contributed by atoms with Gasteiger partial charge >= 0.3 is 11.4 Å². The van der Waals surface area contributed by atoms with Gasteiger partial charge in [0.25, 0.3) is 0 Å². The highest BCUT2D eigenvalue weighted by Gasteiger charge is 2.22. The molecule has 2 aliphatic rings. The van der Waals surface area contributed by atoms with Gasteiger partial charge in [0.05, 0.1) is 37.0 Å². The number of benzene rings is 2. The monoisotopic (exact) mass is 989 g/mol. The zero-order valence-electron chi connectivity index (χ0n) is 44.0. The molecule has 0 bridgehead atoms. The molecule has 0 unspecified atom stereocenters. The molecule has 3 amide bonds. The molecule has 4 aromatic heterocycles. The maximum absolute atomic E-state index is 12.9. The quantitative estimate of drug-likeness (QED) is 0.0674. The van der Waals surface area contributed by atoms with Gasteiger partial charge < -0.3 is 33.7 Å². The van der Waals surface area contributed by atoms with Crippen LogP contribution in [0.3, 0.4) is 0 Å². The SMILES string of the molecule is CCN(CC)C(=O)Cl.CCOc1ccc(Cc2cc3cc(N(C)C(=O)N(CC)CC)cnc3n2CC2CCCCC2)cc1.CCOc1ccc(Cc2cc3cc(NC)cnc3n2CC2CCCCC2)cc1. The molecule has 0 aliphatic heterocycles. The number of anilines is 2. The number of carbonyl (C=O) groups excluding carboxylic acids is 2. The highest BCUT2D eigenvalue weighted by atomic mass is 35.5. The maximum atomic E-state index is 12.9. The van der Waals surface area contributed by atoms with E-state index < -0.39 is 0 Å². The fourth-order valence-corrected chi connectivity index (χ4v) is 10.4. The van der Waals surface area contributed by atoms with Gasteiger partial charge in [-0.2, -0.15) is 0 Å². The first kappa shape index (κ1) is 54.6. The number of aromatic nitrogens is 4. The van der Waals surface area contributed by atoms with Crippen molar-refractivity contribution < 1.29 is 19.1 Å². The van der Waals surface area contributed by atoms with Crippen LogP contribution in [-0.4, -0.2) is 93.8 Å². The van der Waals surface area contributed by atoms with Crippen molar-refractivity contribution in [1.29, 1.82) is 0 Å². The Balaban J connectivity index is 0.000000205. The second-order valence-electron chi connectivity index (χ2n) is 18.9. The molecule has 13 heteroatoms. The smallest absolute Gasteiger partial charge is 0.324 e. The van der Waals surface area contributed by atoms with E-state index >= 15 is 0 Å². The Morgan fingerprint density at radius 2 is 1.06 bits per heavy atom. The largest absolute Gasteiger partial charge is 0.494 e. The van der Waals surface area contributed by atoms with Crippen LogP contribution in [0.2, 0.25) is 0 Å². The number of nitrogens with zero attached hydrogens (tertiary/aromatic N) is 7. The van der Waals surface area contributed by atoms with Gasteiger partial charge in [-0.05, 0) is 150 Å². The van der Waals surface area contributed by atoms with Gasteiger partial charge in [0.1, 0.15) is 22.8 Å². The number of halogens is 1. The molecular weight excluding hydrogens is 908 g/mol. The third-order valence-corrected chi connectivity index (χ3v) is 14.4. The predicted octanol–water partition coefficient (Wildman–Crippen LogP) is 13.8. The van der Waals surface area contributed by atoms with Crippen LogP contribution in [-0.2, 0) is 25.9 Å². The topological polar surface area (TPSA) is 110 Å². The molecule has 0 atom stereocenters. The van der Waals surface area contributed by atoms with Crippen LogP contribution in [0.5, 0.6) is 11.5 Å². The van der Waals surface area contributed by atoms with E-state index in [2.05, 4.69) is 87.2 Å². The van der Waals surface area contributed by atoms with Crippen molar-refractivity contribution in [2.45, 2.75) is 132 Å². The zero-order chi connectivity index (χ0) is 50.7. The van der Waals surface area contributed by atoms with Gasteiger partial charge in [-0.3, -0.25) is 9.69 Å². The van der Waals surface area contributed by atoms with Crippen molar-refractivity contribution in [2.75, 3.05) is 63.7 Å². The molecule has 2 fully saturated rings. The van der Waals surface area contributed by atoms with Crippen LogP contribution in [0.15, 0.2) is 85.2 Å². The summed E-state index contributed by atoms with van der Waals surface area (Å²) in [5, 5.41) is 5.17. The van der Waals surface area contributed by atoms with Crippen LogP contribution in [0.1, 0.15) is 128 Å². The van der Waals surface area contributed by atoms with Crippen molar-refractivity contribution in [3.05, 3.63) is 108 Å². The first-order valence-corrected chi connectivity index (χ1v) is 26.9. The Morgan fingerprint density at radius 1 is 0.620 bits per heavy atom. The summed E-state index contributed by atoms with van der Waals surface area (Å²) in [5.74, 6) is 3.32. The van der Waals surface area contributed by atoms with Crippen molar-refractivity contribution in [3.8, 4) is 11.5 Å². The minimum atomic E-state index is -0.366. The summed E-state index contributed by atoms with van der Waals surface area (Å²) in [5.41, 5.74) is 9.23. The fourth-order valence-electron chi connectivity index (χ4n) is 10.1. The molecule has 12 nitrogen and oxygen atoms in total. The highest BCUT2D eigenvalue weighted by Crippen LogP contribution is 2.32. The molecule has 2 aromatic carbocycles. The van der Waals surface area contributed by atoms with E-state index in [-0.39, 0.29) is 11.4 Å². The molecular formula is C58H81ClN8O4. The number of pyridine rings is 2. The molecule has 8 rings (SSSR count). The number of rotatable bonds is 18. The standard InChI is InChI=1S/C29H40N4O2.C24H31N3O.C5H10ClNO/c1-5-32(6-2)29(34)31(4)26-19-24-18-25(17-22-13-15-27(16-14-22)35-7-3)33(28(24)30-20-26)21-23-11-9-8-10-12-23;1-3-28-23-11-9-18(10-12-23)13-22-15-20-14-21(25-2)16-26-24(20)27(22)17-19-7-5-4-6-8-19;1-3-7(4-2)5(6)8/h13-16,18-20,23H,5-12,17,21H2,1-4H3;9-12,14-16,19,25H,3-8,13,17H2,1-2H3;3-4H2,1-2H3. The minimum absolute atomic E-state index is 0.00685. The normalized spacial score (nSPS) is 14.0. The Labute approximate surface area is 429 Å². The van der Waals surface area contributed by atoms with Gasteiger partial charge in [0.15, 0.2) is 0 Å². The first-order valence-electron chi connectivity index (χ1n) is 26.6. The van der Waals surface area contributed by atoms with Crippen LogP contribution in [0, 0.1) is 11.8 Å². The summed E-state index contributed by atoms with van der Waals surface area (Å²) < 4.78 is 16.1. The van der Waals surface area contributed by atoms with E-state index in [9.17, 15) is 9.59 Å². The Bertz CT molecular complexity index is 2550. The minimum Gasteiger partial charge on any atom is -0.494 e. The molecule has 0 spiro atoms. The zero-order valence-corrected chi connectivity index (χ0v) is 44.8. The molecule has 2 aliphatic carbocycles. The number of hydrogen-bond acceptors (Lipinski definition) is 7. The summed E-state index contributed by atoms with van der Waals surface area (Å²) >= 11 is 5.13. The van der Waals surface area contributed by atoms with E-state index in [1.165, 1.54) is 92.1 Å². The number of carbonyl (C=O) groups is 2. The third-order valence-electron chi connectivity index (χ3n) is 14.2. The van der Waals surface area contributed by atoms with Gasteiger partial charge in [0, 0.05) is 88.4 Å². The van der Waals surface area contributed by atoms with Crippen molar-refractivity contribution >= 4 is 56.4 Å². The van der Waals surface area contributed by atoms with Gasteiger partial charge in [-0.1, -0.05) is 62.8 Å². The lowest BCUT2D eigenvalue weighted by Gasteiger charge is -2.26. The van der Waals surface area contributed by atoms with Gasteiger partial charge in [-0.25, -0.2) is 14.8 Å². The highest BCUT2D eigenvalue weighted by molar-refractivity contribution is 6.62. The summed E-state index contributed by atoms with van der Waals surface area (Å²) in [4.78, 5) is 38.0. The van der Waals surface area contributed by atoms with E-state index in [0.717, 1.165) is 71.4 Å². The maximum Gasteiger partial charge on any atom is 0.324 e. The van der Waals surface area contributed by atoms with Gasteiger partial charge in [-0.15, -0.1) is 0 Å². The summed E-state index contributed by atoms with van der Waals surface area (Å²) in [6, 6.07) is 25.8. The Kier molecular flexibility index (Phi) is 21.3. The molecule has 2 saturated carbocycles. The Morgan fingerprint density at radius 3 is 1.45 bits per heavy atom. The molecule has 1 N–H and O–H groups in total. The predicted molar refractivity (Wildman–Crippen MR) is 294 cm³/mol. The van der Waals surface area contributed by atoms with Crippen LogP contribution < -0.4 is 19.7 Å². The third kappa shape index (κ3) is 15.1. The molecule has 0 saturated heterocycles. The molecule has 4 heterocycles. The first-order chi connectivity index (χ1) is 34.5. The number of urea groups is 1. The lowest BCUT2D eigenvalue weighted by atomic mass is 9.89. The summed E-state index contributed by atoms with van der Waals surface area (Å²) in [6.07, 6.45) is 19.0. The number of ether oxygens (including phenoxy) is 2. The summed E-state index contributed by atoms with van der Waals surface area (Å²) in [6.45, 7) is 18.1. The van der Waals surface area contributed by atoms with E-state index in [0.29, 0.717) is 45.3 Å². The van der Waals surface area contributed by atoms with Crippen molar-refractivity contribution in [2.24, 2.45) is 11.8 Å². The Hall–Kier alpha value is -5.75. The molecule has 0 radical (unpaired) electrons. The molecule has 71 heavy (non-hydrogen) atoms. The van der Waals surface area contributed by atoms with Crippen LogP contribution in [0.25, 0.3) is 22.1 Å². The average Bonchev–Trinajstić information content (AvgIpc) is 3.91. The van der Waals surface area contributed by atoms with Gasteiger partial charge in [0.2, 0.25) is 0 Å².